The van der Waals surface area contributed by atoms with E-state index in [1.54, 1.807) is 6.92 Å². The molecule has 0 atom stereocenters. The molecule has 2 rings (SSSR count). The summed E-state index contributed by atoms with van der Waals surface area (Å²) < 4.78 is 32.1. The summed E-state index contributed by atoms with van der Waals surface area (Å²) in [6.45, 7) is 4.25. The van der Waals surface area contributed by atoms with Gasteiger partial charge in [-0.25, -0.2) is 13.4 Å². The van der Waals surface area contributed by atoms with E-state index >= 15 is 0 Å². The van der Waals surface area contributed by atoms with E-state index in [1.165, 1.54) is 13.8 Å². The van der Waals surface area contributed by atoms with Crippen LogP contribution in [0, 0.1) is 20.8 Å². The van der Waals surface area contributed by atoms with Gasteiger partial charge in [0.05, 0.1) is 11.4 Å². The fraction of sp³-hybridized carbons (Fsp3) is 0.400. The second-order valence-corrected chi connectivity index (χ2v) is 6.67. The molecule has 0 bridgehead atoms. The molecule has 114 valence electrons. The molecule has 0 aliphatic heterocycles. The summed E-state index contributed by atoms with van der Waals surface area (Å²) in [5.74, 6) is -0.634. The molecule has 2 aromatic rings. The number of rotatable bonds is 5. The van der Waals surface area contributed by atoms with Crippen LogP contribution in [-0.2, 0) is 21.4 Å². The molecule has 2 aromatic heterocycles. The van der Waals surface area contributed by atoms with Crippen LogP contribution in [0.1, 0.15) is 17.2 Å². The van der Waals surface area contributed by atoms with E-state index in [2.05, 4.69) is 19.2 Å². The summed E-state index contributed by atoms with van der Waals surface area (Å²) in [5.41, 5.74) is 0.478. The monoisotopic (exact) mass is 331 g/mol. The Morgan fingerprint density at radius 3 is 2.57 bits per heavy atom. The first-order chi connectivity index (χ1) is 9.70. The van der Waals surface area contributed by atoms with Gasteiger partial charge in [0.2, 0.25) is 5.13 Å². The molecule has 9 nitrogen and oxygen atoms in total. The molecular weight excluding hydrogens is 318 g/mol. The van der Waals surface area contributed by atoms with Gasteiger partial charge in [-0.3, -0.25) is 14.2 Å². The van der Waals surface area contributed by atoms with E-state index in [1.807, 2.05) is 0 Å². The zero-order chi connectivity index (χ0) is 15.8. The Morgan fingerprint density at radius 2 is 2.05 bits per heavy atom. The molecule has 2 N–H and O–H groups in total. The third-order valence-electron chi connectivity index (χ3n) is 2.62. The first-order valence-corrected chi connectivity index (χ1v) is 8.05. The maximum Gasteiger partial charge on any atom is 0.325 e. The van der Waals surface area contributed by atoms with Crippen LogP contribution in [0.25, 0.3) is 0 Å². The molecule has 0 aromatic carbocycles. The summed E-state index contributed by atoms with van der Waals surface area (Å²) in [7, 11) is -3.89. The van der Waals surface area contributed by atoms with Crippen molar-refractivity contribution >= 4 is 32.7 Å². The lowest BCUT2D eigenvalue weighted by Gasteiger charge is -2.05. The zero-order valence-corrected chi connectivity index (χ0v) is 13.1. The standard InChI is InChI=1S/C10H13N5O4S2/c1-5-9(6(2)15(12-5)4-8(16)17)21(18,19)14-10-11-7(3)13-20-10/h4H2,1-3H3,(H,16,17)(H,11,13,14). The van der Waals surface area contributed by atoms with Crippen LogP contribution >= 0.6 is 11.5 Å². The molecule has 0 unspecified atom stereocenters. The maximum atomic E-state index is 12.4. The van der Waals surface area contributed by atoms with Crippen molar-refractivity contribution in [1.29, 1.82) is 0 Å². The fourth-order valence-electron chi connectivity index (χ4n) is 1.86. The summed E-state index contributed by atoms with van der Waals surface area (Å²) in [4.78, 5) is 14.6. The third-order valence-corrected chi connectivity index (χ3v) is 5.06. The van der Waals surface area contributed by atoms with Crippen molar-refractivity contribution in [2.75, 3.05) is 4.72 Å². The number of aromatic nitrogens is 4. The van der Waals surface area contributed by atoms with Crippen LogP contribution in [0.4, 0.5) is 5.13 Å². The smallest absolute Gasteiger partial charge is 0.325 e. The Hall–Kier alpha value is -2.01. The van der Waals surface area contributed by atoms with Gasteiger partial charge in [0.25, 0.3) is 10.0 Å². The number of nitrogens with zero attached hydrogens (tertiary/aromatic N) is 4. The van der Waals surface area contributed by atoms with Crippen LogP contribution in [0.5, 0.6) is 0 Å². The molecule has 0 saturated heterocycles. The second-order valence-electron chi connectivity index (χ2n) is 4.30. The fourth-order valence-corrected chi connectivity index (χ4v) is 4.07. The van der Waals surface area contributed by atoms with Crippen LogP contribution < -0.4 is 4.72 Å². The van der Waals surface area contributed by atoms with E-state index < -0.39 is 22.5 Å². The maximum absolute atomic E-state index is 12.4. The highest BCUT2D eigenvalue weighted by atomic mass is 32.2. The third kappa shape index (κ3) is 3.19. The van der Waals surface area contributed by atoms with Crippen LogP contribution in [-0.4, -0.2) is 38.6 Å². The van der Waals surface area contributed by atoms with Gasteiger partial charge in [-0.2, -0.15) is 9.47 Å². The summed E-state index contributed by atoms with van der Waals surface area (Å²) in [5, 5.41) is 12.9. The lowest BCUT2D eigenvalue weighted by atomic mass is 10.4. The Labute approximate surface area is 124 Å². The van der Waals surface area contributed by atoms with Gasteiger partial charge in [-0.1, -0.05) is 0 Å². The summed E-state index contributed by atoms with van der Waals surface area (Å²) in [6, 6.07) is 0. The second kappa shape index (κ2) is 5.41. The Bertz CT molecular complexity index is 792. The number of carboxylic acid groups (broad SMARTS) is 1. The zero-order valence-electron chi connectivity index (χ0n) is 11.5. The van der Waals surface area contributed by atoms with Crippen molar-refractivity contribution in [3.8, 4) is 0 Å². The minimum Gasteiger partial charge on any atom is -0.480 e. The van der Waals surface area contributed by atoms with E-state index in [0.717, 1.165) is 16.2 Å². The van der Waals surface area contributed by atoms with Crippen molar-refractivity contribution in [3.63, 3.8) is 0 Å². The van der Waals surface area contributed by atoms with E-state index in [4.69, 9.17) is 5.11 Å². The predicted octanol–water partition coefficient (Wildman–Crippen LogP) is 0.545. The Kier molecular flexibility index (Phi) is 3.96. The van der Waals surface area contributed by atoms with Crippen molar-refractivity contribution in [2.24, 2.45) is 0 Å². The number of anilines is 1. The average Bonchev–Trinajstić information content (AvgIpc) is 2.82. The number of sulfonamides is 1. The minimum atomic E-state index is -3.89. The highest BCUT2D eigenvalue weighted by Crippen LogP contribution is 2.23. The van der Waals surface area contributed by atoms with Crippen LogP contribution in [0.15, 0.2) is 4.90 Å². The van der Waals surface area contributed by atoms with Crippen molar-refractivity contribution in [1.82, 2.24) is 19.1 Å². The van der Waals surface area contributed by atoms with Crippen molar-refractivity contribution in [3.05, 3.63) is 17.2 Å². The summed E-state index contributed by atoms with van der Waals surface area (Å²) in [6.07, 6.45) is 0. The number of hydrogen-bond acceptors (Lipinski definition) is 7. The molecule has 0 aliphatic carbocycles. The summed E-state index contributed by atoms with van der Waals surface area (Å²) >= 11 is 0.928. The molecule has 11 heteroatoms. The first-order valence-electron chi connectivity index (χ1n) is 5.79. The molecular formula is C10H13N5O4S2. The minimum absolute atomic E-state index is 0.0448. The number of aliphatic carboxylic acids is 1. The first kappa shape index (κ1) is 15.4. The number of hydrogen-bond donors (Lipinski definition) is 2. The largest absolute Gasteiger partial charge is 0.480 e. The van der Waals surface area contributed by atoms with E-state index in [0.29, 0.717) is 5.82 Å². The lowest BCUT2D eigenvalue weighted by Crippen LogP contribution is -2.16. The van der Waals surface area contributed by atoms with Crippen LogP contribution in [0.3, 0.4) is 0 Å². The lowest BCUT2D eigenvalue weighted by molar-refractivity contribution is -0.137. The normalized spacial score (nSPS) is 11.6. The molecule has 21 heavy (non-hydrogen) atoms. The van der Waals surface area contributed by atoms with Crippen molar-refractivity contribution in [2.45, 2.75) is 32.2 Å². The van der Waals surface area contributed by atoms with E-state index in [-0.39, 0.29) is 21.4 Å². The van der Waals surface area contributed by atoms with Crippen LogP contribution in [0.2, 0.25) is 0 Å². The van der Waals surface area contributed by atoms with Gasteiger partial charge in [-0.05, 0) is 20.8 Å². The number of carbonyl (C=O) groups is 1. The number of aryl methyl sites for hydroxylation is 2. The molecule has 0 aliphatic rings. The molecule has 0 saturated carbocycles. The molecule has 0 spiro atoms. The van der Waals surface area contributed by atoms with Gasteiger partial charge in [0.15, 0.2) is 0 Å². The highest BCUT2D eigenvalue weighted by Gasteiger charge is 2.26. The Morgan fingerprint density at radius 1 is 1.38 bits per heavy atom. The molecule has 0 amide bonds. The van der Waals surface area contributed by atoms with Crippen molar-refractivity contribution < 1.29 is 18.3 Å². The predicted molar refractivity (Wildman–Crippen MR) is 74.8 cm³/mol. The number of carboxylic acids is 1. The van der Waals surface area contributed by atoms with Gasteiger partial charge in [0.1, 0.15) is 17.3 Å². The molecule has 0 radical (unpaired) electrons. The molecule has 2 heterocycles. The average molecular weight is 331 g/mol. The van der Waals surface area contributed by atoms with Gasteiger partial charge >= 0.3 is 5.97 Å². The molecule has 0 fully saturated rings. The van der Waals surface area contributed by atoms with E-state index in [9.17, 15) is 13.2 Å². The van der Waals surface area contributed by atoms with Gasteiger partial charge < -0.3 is 5.11 Å². The quantitative estimate of drug-likeness (QED) is 0.818. The number of nitrogens with one attached hydrogen (secondary N) is 1. The van der Waals surface area contributed by atoms with Gasteiger partial charge in [-0.15, -0.1) is 0 Å². The SMILES string of the molecule is Cc1nsc(NS(=O)(=O)c2c(C)nn(CC(=O)O)c2C)n1. The van der Waals surface area contributed by atoms with Gasteiger partial charge in [0, 0.05) is 11.5 Å². The topological polar surface area (TPSA) is 127 Å². The Balaban J connectivity index is 2.40. The highest BCUT2D eigenvalue weighted by molar-refractivity contribution is 7.93.